The lowest BCUT2D eigenvalue weighted by Gasteiger charge is -2.12. The van der Waals surface area contributed by atoms with Crippen LogP contribution >= 0.6 is 0 Å². The van der Waals surface area contributed by atoms with Gasteiger partial charge >= 0.3 is 11.9 Å². The van der Waals surface area contributed by atoms with Gasteiger partial charge in [-0.1, -0.05) is 155 Å². The molecule has 0 aliphatic heterocycles. The van der Waals surface area contributed by atoms with Gasteiger partial charge in [-0.25, -0.2) is 0 Å². The molecular formula is C33H64O5. The van der Waals surface area contributed by atoms with Crippen LogP contribution < -0.4 is 0 Å². The van der Waals surface area contributed by atoms with Crippen molar-refractivity contribution >= 4 is 11.9 Å². The maximum atomic E-state index is 11.9. The number of rotatable bonds is 30. The van der Waals surface area contributed by atoms with Gasteiger partial charge in [0.25, 0.3) is 0 Å². The monoisotopic (exact) mass is 540 g/mol. The molecule has 0 aromatic heterocycles. The second kappa shape index (κ2) is 30.4. The zero-order valence-corrected chi connectivity index (χ0v) is 25.5. The van der Waals surface area contributed by atoms with E-state index in [1.807, 2.05) is 0 Å². The molecule has 0 aliphatic carbocycles. The summed E-state index contributed by atoms with van der Waals surface area (Å²) in [6, 6.07) is 0. The van der Waals surface area contributed by atoms with E-state index in [1.54, 1.807) is 0 Å². The van der Waals surface area contributed by atoms with Crippen molar-refractivity contribution < 1.29 is 24.2 Å². The number of ether oxygens (including phenoxy) is 2. The SMILES string of the molecule is CCCCCCCCCCCCCCCCCCCCCC(=O)OC[C@H](O)COC(=O)CCCCCCC. The van der Waals surface area contributed by atoms with Gasteiger partial charge < -0.3 is 14.6 Å². The van der Waals surface area contributed by atoms with Crippen LogP contribution in [0.3, 0.4) is 0 Å². The van der Waals surface area contributed by atoms with E-state index in [-0.39, 0.29) is 25.2 Å². The van der Waals surface area contributed by atoms with Crippen molar-refractivity contribution in [3.8, 4) is 0 Å². The van der Waals surface area contributed by atoms with Crippen LogP contribution in [0.25, 0.3) is 0 Å². The summed E-state index contributed by atoms with van der Waals surface area (Å²) in [4.78, 5) is 23.5. The highest BCUT2D eigenvalue weighted by Crippen LogP contribution is 2.15. The fourth-order valence-corrected chi connectivity index (χ4v) is 4.79. The van der Waals surface area contributed by atoms with Crippen LogP contribution in [0.5, 0.6) is 0 Å². The van der Waals surface area contributed by atoms with Gasteiger partial charge in [0.1, 0.15) is 19.3 Å². The molecule has 5 nitrogen and oxygen atoms in total. The van der Waals surface area contributed by atoms with Crippen LogP contribution in [-0.4, -0.2) is 36.4 Å². The number of hydrogen-bond acceptors (Lipinski definition) is 5. The Balaban J connectivity index is 3.32. The molecule has 0 aromatic carbocycles. The Labute approximate surface area is 236 Å². The van der Waals surface area contributed by atoms with Crippen LogP contribution in [0.15, 0.2) is 0 Å². The molecule has 5 heteroatoms. The fourth-order valence-electron chi connectivity index (χ4n) is 4.79. The fraction of sp³-hybridized carbons (Fsp3) is 0.939. The maximum absolute atomic E-state index is 11.9. The summed E-state index contributed by atoms with van der Waals surface area (Å²) in [6.07, 6.45) is 30.4. The highest BCUT2D eigenvalue weighted by molar-refractivity contribution is 5.69. The Morgan fingerprint density at radius 3 is 0.947 bits per heavy atom. The van der Waals surface area contributed by atoms with Crippen molar-refractivity contribution in [1.82, 2.24) is 0 Å². The number of carbonyl (C=O) groups is 2. The Morgan fingerprint density at radius 2 is 0.684 bits per heavy atom. The topological polar surface area (TPSA) is 72.8 Å². The van der Waals surface area contributed by atoms with Gasteiger partial charge in [-0.3, -0.25) is 9.59 Å². The second-order valence-electron chi connectivity index (χ2n) is 11.3. The summed E-state index contributed by atoms with van der Waals surface area (Å²) in [6.45, 7) is 4.22. The standard InChI is InChI=1S/C33H64O5/c1-3-5-7-9-10-11-12-13-14-15-16-17-18-19-20-21-22-24-26-28-33(36)38-30-31(34)29-37-32(35)27-25-23-8-6-4-2/h31,34H,3-30H2,1-2H3/t31-/m1/s1. The van der Waals surface area contributed by atoms with Gasteiger partial charge in [0.05, 0.1) is 0 Å². The molecule has 0 radical (unpaired) electrons. The quantitative estimate of drug-likeness (QED) is 0.0725. The number of esters is 2. The van der Waals surface area contributed by atoms with Crippen molar-refractivity contribution in [3.05, 3.63) is 0 Å². The Morgan fingerprint density at radius 1 is 0.447 bits per heavy atom. The molecule has 0 bridgehead atoms. The Hall–Kier alpha value is -1.10. The van der Waals surface area contributed by atoms with E-state index in [1.165, 1.54) is 122 Å². The molecule has 0 saturated carbocycles. The number of carbonyl (C=O) groups excluding carboxylic acids is 2. The molecule has 0 heterocycles. The molecule has 0 unspecified atom stereocenters. The van der Waals surface area contributed by atoms with Crippen molar-refractivity contribution in [3.63, 3.8) is 0 Å². The van der Waals surface area contributed by atoms with E-state index in [9.17, 15) is 14.7 Å². The third-order valence-corrected chi connectivity index (χ3v) is 7.34. The molecule has 0 fully saturated rings. The van der Waals surface area contributed by atoms with Crippen LogP contribution in [0, 0.1) is 0 Å². The van der Waals surface area contributed by atoms with Crippen LogP contribution in [0.2, 0.25) is 0 Å². The van der Waals surface area contributed by atoms with Crippen LogP contribution in [0.4, 0.5) is 0 Å². The summed E-state index contributed by atoms with van der Waals surface area (Å²) in [7, 11) is 0. The lowest BCUT2D eigenvalue weighted by atomic mass is 10.0. The average Bonchev–Trinajstić information content (AvgIpc) is 2.91. The summed E-state index contributed by atoms with van der Waals surface area (Å²) in [5.74, 6) is -0.570. The maximum Gasteiger partial charge on any atom is 0.305 e. The van der Waals surface area contributed by atoms with E-state index in [4.69, 9.17) is 9.47 Å². The summed E-state index contributed by atoms with van der Waals surface area (Å²) in [5, 5.41) is 9.87. The lowest BCUT2D eigenvalue weighted by molar-refractivity contribution is -0.152. The lowest BCUT2D eigenvalue weighted by Crippen LogP contribution is -2.25. The highest BCUT2D eigenvalue weighted by atomic mass is 16.6. The number of aliphatic hydroxyl groups excluding tert-OH is 1. The predicted molar refractivity (Wildman–Crippen MR) is 159 cm³/mol. The van der Waals surface area contributed by atoms with Crippen molar-refractivity contribution in [1.29, 1.82) is 0 Å². The van der Waals surface area contributed by atoms with Crippen LogP contribution in [0.1, 0.15) is 181 Å². The third kappa shape index (κ3) is 29.5. The first-order valence-electron chi connectivity index (χ1n) is 16.6. The third-order valence-electron chi connectivity index (χ3n) is 7.34. The Kier molecular flexibility index (Phi) is 29.6. The first-order valence-corrected chi connectivity index (χ1v) is 16.6. The molecule has 1 N–H and O–H groups in total. The Bertz CT molecular complexity index is 508. The molecule has 226 valence electrons. The smallest absolute Gasteiger partial charge is 0.305 e. The van der Waals surface area contributed by atoms with E-state index >= 15 is 0 Å². The van der Waals surface area contributed by atoms with Gasteiger partial charge in [-0.2, -0.15) is 0 Å². The zero-order valence-electron chi connectivity index (χ0n) is 25.5. The highest BCUT2D eigenvalue weighted by Gasteiger charge is 2.12. The molecule has 0 aliphatic rings. The first kappa shape index (κ1) is 36.9. The predicted octanol–water partition coefficient (Wildman–Crippen LogP) is 9.62. The largest absolute Gasteiger partial charge is 0.463 e. The van der Waals surface area contributed by atoms with Gasteiger partial charge in [0.15, 0.2) is 0 Å². The molecular weight excluding hydrogens is 476 g/mol. The van der Waals surface area contributed by atoms with Crippen molar-refractivity contribution in [2.45, 2.75) is 187 Å². The van der Waals surface area contributed by atoms with Gasteiger partial charge in [-0.15, -0.1) is 0 Å². The number of hydrogen-bond donors (Lipinski definition) is 1. The van der Waals surface area contributed by atoms with Gasteiger partial charge in [0.2, 0.25) is 0 Å². The molecule has 1 atom stereocenters. The van der Waals surface area contributed by atoms with Gasteiger partial charge in [0, 0.05) is 12.8 Å². The minimum atomic E-state index is -0.951. The summed E-state index contributed by atoms with van der Waals surface area (Å²) >= 11 is 0. The number of aliphatic hydroxyl groups is 1. The number of unbranched alkanes of at least 4 members (excludes halogenated alkanes) is 22. The summed E-state index contributed by atoms with van der Waals surface area (Å²) in [5.41, 5.74) is 0. The molecule has 0 saturated heterocycles. The van der Waals surface area contributed by atoms with E-state index in [2.05, 4.69) is 13.8 Å². The minimum absolute atomic E-state index is 0.109. The molecule has 38 heavy (non-hydrogen) atoms. The molecule has 0 rings (SSSR count). The second-order valence-corrected chi connectivity index (χ2v) is 11.3. The van der Waals surface area contributed by atoms with Crippen molar-refractivity contribution in [2.24, 2.45) is 0 Å². The normalized spacial score (nSPS) is 12.0. The summed E-state index contributed by atoms with van der Waals surface area (Å²) < 4.78 is 10.2. The first-order chi connectivity index (χ1) is 18.6. The molecule has 0 spiro atoms. The molecule has 0 aromatic rings. The van der Waals surface area contributed by atoms with E-state index in [0.717, 1.165) is 32.1 Å². The molecule has 0 amide bonds. The van der Waals surface area contributed by atoms with E-state index < -0.39 is 6.10 Å². The minimum Gasteiger partial charge on any atom is -0.463 e. The van der Waals surface area contributed by atoms with Gasteiger partial charge in [-0.05, 0) is 12.8 Å². The average molecular weight is 541 g/mol. The zero-order chi connectivity index (χ0) is 27.9. The van der Waals surface area contributed by atoms with Crippen molar-refractivity contribution in [2.75, 3.05) is 13.2 Å². The van der Waals surface area contributed by atoms with Crippen LogP contribution in [-0.2, 0) is 19.1 Å². The van der Waals surface area contributed by atoms with E-state index in [0.29, 0.717) is 12.8 Å².